The van der Waals surface area contributed by atoms with Crippen molar-refractivity contribution in [1.29, 1.82) is 0 Å². The molecule has 0 unspecified atom stereocenters. The summed E-state index contributed by atoms with van der Waals surface area (Å²) in [7, 11) is 1.59. The van der Waals surface area contributed by atoms with Gasteiger partial charge < -0.3 is 10.1 Å². The van der Waals surface area contributed by atoms with E-state index >= 15 is 0 Å². The lowest BCUT2D eigenvalue weighted by Gasteiger charge is -2.28. The molecule has 1 aliphatic carbocycles. The summed E-state index contributed by atoms with van der Waals surface area (Å²) in [6, 6.07) is 4.74. The van der Waals surface area contributed by atoms with Gasteiger partial charge in [0, 0.05) is 30.8 Å². The lowest BCUT2D eigenvalue weighted by Crippen LogP contribution is -2.31. The predicted molar refractivity (Wildman–Crippen MR) is 82.5 cm³/mol. The maximum atomic E-state index is 10.9. The van der Waals surface area contributed by atoms with Gasteiger partial charge in [0.05, 0.1) is 12.0 Å². The lowest BCUT2D eigenvalue weighted by molar-refractivity contribution is -0.384. The summed E-state index contributed by atoms with van der Waals surface area (Å²) in [5, 5.41) is 14.4. The summed E-state index contributed by atoms with van der Waals surface area (Å²) in [4.78, 5) is 10.5. The van der Waals surface area contributed by atoms with E-state index in [1.165, 1.54) is 38.2 Å². The number of nitrogens with one attached hydrogen (secondary N) is 1. The van der Waals surface area contributed by atoms with E-state index in [9.17, 15) is 10.1 Å². The van der Waals surface area contributed by atoms with Crippen molar-refractivity contribution in [1.82, 2.24) is 5.32 Å². The molecule has 0 spiro atoms. The van der Waals surface area contributed by atoms with Crippen molar-refractivity contribution in [3.63, 3.8) is 0 Å². The molecule has 0 radical (unpaired) electrons. The summed E-state index contributed by atoms with van der Waals surface area (Å²) in [5.74, 6) is 0.699. The number of hydrogen-bond donors (Lipinski definition) is 1. The van der Waals surface area contributed by atoms with Gasteiger partial charge in [0.1, 0.15) is 5.75 Å². The van der Waals surface area contributed by atoms with E-state index in [-0.39, 0.29) is 10.6 Å². The van der Waals surface area contributed by atoms with E-state index in [0.717, 1.165) is 12.1 Å². The van der Waals surface area contributed by atoms with Gasteiger partial charge in [0.25, 0.3) is 5.69 Å². The van der Waals surface area contributed by atoms with Gasteiger partial charge in [-0.05, 0) is 30.7 Å². The molecule has 1 aromatic rings. The molecule has 116 valence electrons. The molecule has 1 aromatic carbocycles. The van der Waals surface area contributed by atoms with Crippen molar-refractivity contribution in [2.75, 3.05) is 13.7 Å². The van der Waals surface area contributed by atoms with Crippen LogP contribution in [0.3, 0.4) is 0 Å². The summed E-state index contributed by atoms with van der Waals surface area (Å²) in [5.41, 5.74) is 1.36. The molecule has 0 saturated heterocycles. The second-order valence-corrected chi connectivity index (χ2v) is 5.92. The number of non-ortho nitro benzene ring substituents is 1. The van der Waals surface area contributed by atoms with Crippen LogP contribution in [0.4, 0.5) is 5.69 Å². The Hall–Kier alpha value is -1.62. The lowest BCUT2D eigenvalue weighted by atomic mass is 9.83. The van der Waals surface area contributed by atoms with Crippen LogP contribution in [0.15, 0.2) is 18.2 Å². The Morgan fingerprint density at radius 3 is 2.67 bits per heavy atom. The van der Waals surface area contributed by atoms with Gasteiger partial charge in [-0.15, -0.1) is 0 Å². The second kappa shape index (κ2) is 6.89. The van der Waals surface area contributed by atoms with Crippen molar-refractivity contribution in [2.24, 2.45) is 5.41 Å². The molecular formula is C16H24N2O3. The first-order valence-electron chi connectivity index (χ1n) is 7.62. The third kappa shape index (κ3) is 3.73. The molecule has 1 saturated carbocycles. The van der Waals surface area contributed by atoms with Crippen LogP contribution < -0.4 is 10.1 Å². The van der Waals surface area contributed by atoms with E-state index < -0.39 is 0 Å². The molecule has 0 aliphatic heterocycles. The normalized spacial score (nSPS) is 16.9. The number of methoxy groups -OCH3 is 1. The number of nitro groups is 1. The highest BCUT2D eigenvalue weighted by atomic mass is 16.6. The summed E-state index contributed by atoms with van der Waals surface area (Å²) in [6.07, 6.45) is 6.38. The molecule has 5 nitrogen and oxygen atoms in total. The Morgan fingerprint density at radius 2 is 2.10 bits per heavy atom. The Morgan fingerprint density at radius 1 is 1.38 bits per heavy atom. The van der Waals surface area contributed by atoms with Gasteiger partial charge in [0.2, 0.25) is 0 Å². The second-order valence-electron chi connectivity index (χ2n) is 5.92. The van der Waals surface area contributed by atoms with Crippen LogP contribution in [0.25, 0.3) is 0 Å². The minimum Gasteiger partial charge on any atom is -0.496 e. The van der Waals surface area contributed by atoms with Crippen molar-refractivity contribution in [3.8, 4) is 5.75 Å². The van der Waals surface area contributed by atoms with Crippen LogP contribution in [0.1, 0.15) is 44.6 Å². The van der Waals surface area contributed by atoms with Crippen LogP contribution in [-0.4, -0.2) is 18.6 Å². The molecule has 0 bridgehead atoms. The van der Waals surface area contributed by atoms with Crippen LogP contribution in [0.2, 0.25) is 0 Å². The molecule has 5 heteroatoms. The first-order valence-corrected chi connectivity index (χ1v) is 7.62. The molecule has 1 fully saturated rings. The van der Waals surface area contributed by atoms with E-state index in [2.05, 4.69) is 12.2 Å². The highest BCUT2D eigenvalue weighted by Gasteiger charge is 2.31. The zero-order chi connectivity index (χ0) is 15.3. The minimum absolute atomic E-state index is 0.110. The predicted octanol–water partition coefficient (Wildman–Crippen LogP) is 3.66. The van der Waals surface area contributed by atoms with Crippen LogP contribution in [0, 0.1) is 15.5 Å². The van der Waals surface area contributed by atoms with Crippen LogP contribution in [0.5, 0.6) is 5.75 Å². The smallest absolute Gasteiger partial charge is 0.270 e. The molecule has 1 N–H and O–H groups in total. The Kier molecular flexibility index (Phi) is 5.17. The molecule has 0 heterocycles. The van der Waals surface area contributed by atoms with Gasteiger partial charge in [-0.1, -0.05) is 19.8 Å². The zero-order valence-corrected chi connectivity index (χ0v) is 12.9. The fraction of sp³-hybridized carbons (Fsp3) is 0.625. The third-order valence-electron chi connectivity index (χ3n) is 4.70. The average molecular weight is 292 g/mol. The van der Waals surface area contributed by atoms with Crippen molar-refractivity contribution < 1.29 is 9.66 Å². The van der Waals surface area contributed by atoms with E-state index in [0.29, 0.717) is 17.7 Å². The van der Waals surface area contributed by atoms with E-state index in [1.807, 2.05) is 0 Å². The zero-order valence-electron chi connectivity index (χ0n) is 12.9. The largest absolute Gasteiger partial charge is 0.496 e. The minimum atomic E-state index is -0.368. The molecule has 1 aliphatic rings. The first kappa shape index (κ1) is 15.8. The van der Waals surface area contributed by atoms with Gasteiger partial charge in [-0.25, -0.2) is 0 Å². The Balaban J connectivity index is 2.01. The maximum absolute atomic E-state index is 10.9. The van der Waals surface area contributed by atoms with E-state index in [4.69, 9.17) is 4.74 Å². The van der Waals surface area contributed by atoms with Gasteiger partial charge in [0.15, 0.2) is 0 Å². The van der Waals surface area contributed by atoms with Crippen LogP contribution >= 0.6 is 0 Å². The number of benzene rings is 1. The number of ether oxygens (including phenoxy) is 1. The quantitative estimate of drug-likeness (QED) is 0.615. The van der Waals surface area contributed by atoms with Gasteiger partial charge >= 0.3 is 0 Å². The molecular weight excluding hydrogens is 268 g/mol. The van der Waals surface area contributed by atoms with Gasteiger partial charge in [-0.2, -0.15) is 0 Å². The highest BCUT2D eigenvalue weighted by Crippen LogP contribution is 2.40. The number of rotatable bonds is 7. The first-order chi connectivity index (χ1) is 10.1. The Labute approximate surface area is 125 Å². The van der Waals surface area contributed by atoms with E-state index in [1.54, 1.807) is 19.2 Å². The summed E-state index contributed by atoms with van der Waals surface area (Å²) < 4.78 is 5.29. The summed E-state index contributed by atoms with van der Waals surface area (Å²) >= 11 is 0. The van der Waals surface area contributed by atoms with Crippen molar-refractivity contribution >= 4 is 5.69 Å². The SMILES string of the molecule is CCC1(CNCc2cc([N+](=O)[O-])ccc2OC)CCCC1. The van der Waals surface area contributed by atoms with Gasteiger partial charge in [-0.3, -0.25) is 10.1 Å². The molecule has 0 aromatic heterocycles. The maximum Gasteiger partial charge on any atom is 0.270 e. The van der Waals surface area contributed by atoms with Crippen LogP contribution in [-0.2, 0) is 6.54 Å². The standard InChI is InChI=1S/C16H24N2O3/c1-3-16(8-4-5-9-16)12-17-11-13-10-14(18(19)20)6-7-15(13)21-2/h6-7,10,17H,3-5,8-9,11-12H2,1-2H3. The van der Waals surface area contributed by atoms with Crippen molar-refractivity contribution in [2.45, 2.75) is 45.6 Å². The molecule has 0 amide bonds. The molecule has 2 rings (SSSR count). The number of nitro benzene ring substituents is 1. The topological polar surface area (TPSA) is 64.4 Å². The van der Waals surface area contributed by atoms with Crippen molar-refractivity contribution in [3.05, 3.63) is 33.9 Å². The fourth-order valence-corrected chi connectivity index (χ4v) is 3.26. The average Bonchev–Trinajstić information content (AvgIpc) is 2.96. The fourth-order valence-electron chi connectivity index (χ4n) is 3.26. The molecule has 0 atom stereocenters. The summed E-state index contributed by atoms with van der Waals surface area (Å²) in [6.45, 7) is 3.82. The molecule has 21 heavy (non-hydrogen) atoms. The third-order valence-corrected chi connectivity index (χ3v) is 4.70. The monoisotopic (exact) mass is 292 g/mol. The number of hydrogen-bond acceptors (Lipinski definition) is 4. The Bertz CT molecular complexity index is 496. The highest BCUT2D eigenvalue weighted by molar-refractivity contribution is 5.43. The number of nitrogens with zero attached hydrogens (tertiary/aromatic N) is 1.